The fraction of sp³-hybridized carbons (Fsp3) is 0.533. The lowest BCUT2D eigenvalue weighted by Gasteiger charge is -2.19. The second-order valence-electron chi connectivity index (χ2n) is 5.28. The first-order valence-electron chi connectivity index (χ1n) is 6.71. The number of carbonyl (C=O) groups is 1. The summed E-state index contributed by atoms with van der Waals surface area (Å²) in [6, 6.07) is 6.18. The maximum atomic E-state index is 11.8. The molecule has 0 fully saturated rings. The molecular formula is C15H23BrN2O2. The summed E-state index contributed by atoms with van der Waals surface area (Å²) in [7, 11) is 3.45. The number of halogens is 1. The first kappa shape index (κ1) is 17.0. The summed E-state index contributed by atoms with van der Waals surface area (Å²) in [5.74, 6) is 0.659. The predicted octanol–water partition coefficient (Wildman–Crippen LogP) is 2.80. The van der Waals surface area contributed by atoms with Crippen molar-refractivity contribution in [3.63, 3.8) is 0 Å². The van der Waals surface area contributed by atoms with Crippen LogP contribution in [0.3, 0.4) is 0 Å². The van der Waals surface area contributed by atoms with E-state index >= 15 is 0 Å². The normalized spacial score (nSPS) is 12.3. The third-order valence-corrected chi connectivity index (χ3v) is 3.59. The summed E-state index contributed by atoms with van der Waals surface area (Å²) in [5, 5.41) is 3.36. The number of amides is 1. The topological polar surface area (TPSA) is 41.6 Å². The highest BCUT2D eigenvalue weighted by Gasteiger charge is 2.16. The Morgan fingerprint density at radius 2 is 2.00 bits per heavy atom. The number of rotatable bonds is 6. The highest BCUT2D eigenvalue weighted by atomic mass is 79.9. The summed E-state index contributed by atoms with van der Waals surface area (Å²) in [5.41, 5.74) is 1.11. The Balaban J connectivity index is 2.76. The van der Waals surface area contributed by atoms with E-state index in [2.05, 4.69) is 35.1 Å². The lowest BCUT2D eigenvalue weighted by molar-refractivity contribution is -0.135. The number of ether oxygens (including phenoxy) is 1. The zero-order valence-electron chi connectivity index (χ0n) is 12.7. The van der Waals surface area contributed by atoms with Crippen LogP contribution < -0.4 is 10.1 Å². The van der Waals surface area contributed by atoms with Crippen molar-refractivity contribution >= 4 is 21.8 Å². The second kappa shape index (κ2) is 7.64. The molecule has 1 rings (SSSR count). The van der Waals surface area contributed by atoms with Crippen LogP contribution in [0.15, 0.2) is 22.7 Å². The van der Waals surface area contributed by atoms with Crippen molar-refractivity contribution in [1.82, 2.24) is 10.2 Å². The molecule has 1 aromatic carbocycles. The largest absolute Gasteiger partial charge is 0.481 e. The van der Waals surface area contributed by atoms with Gasteiger partial charge in [0, 0.05) is 31.2 Å². The van der Waals surface area contributed by atoms with Crippen molar-refractivity contribution in [3.8, 4) is 5.75 Å². The van der Waals surface area contributed by atoms with E-state index in [0.29, 0.717) is 11.8 Å². The summed E-state index contributed by atoms with van der Waals surface area (Å²) < 4.78 is 6.73. The van der Waals surface area contributed by atoms with Crippen LogP contribution in [0.4, 0.5) is 0 Å². The van der Waals surface area contributed by atoms with Crippen LogP contribution in [0, 0.1) is 0 Å². The maximum absolute atomic E-state index is 11.8. The lowest BCUT2D eigenvalue weighted by atomic mass is 10.2. The number of hydrogen-bond acceptors (Lipinski definition) is 3. The van der Waals surface area contributed by atoms with Crippen molar-refractivity contribution in [2.75, 3.05) is 14.1 Å². The van der Waals surface area contributed by atoms with E-state index in [0.717, 1.165) is 16.6 Å². The van der Waals surface area contributed by atoms with Crippen LogP contribution in [0.1, 0.15) is 26.3 Å². The fourth-order valence-corrected chi connectivity index (χ4v) is 2.08. The van der Waals surface area contributed by atoms with Gasteiger partial charge in [0.25, 0.3) is 5.91 Å². The minimum Gasteiger partial charge on any atom is -0.481 e. The third kappa shape index (κ3) is 5.13. The van der Waals surface area contributed by atoms with Gasteiger partial charge in [-0.2, -0.15) is 0 Å². The molecule has 0 aliphatic heterocycles. The zero-order chi connectivity index (χ0) is 15.3. The Labute approximate surface area is 129 Å². The van der Waals surface area contributed by atoms with E-state index in [-0.39, 0.29) is 5.91 Å². The Hall–Kier alpha value is -1.07. The first-order valence-corrected chi connectivity index (χ1v) is 7.50. The molecule has 0 heterocycles. The van der Waals surface area contributed by atoms with E-state index in [1.807, 2.05) is 18.2 Å². The van der Waals surface area contributed by atoms with E-state index in [1.54, 1.807) is 21.0 Å². The molecule has 5 heteroatoms. The molecule has 1 N–H and O–H groups in total. The SMILES string of the molecule is CC(C)NCc1cc(OC(C)C(=O)N(C)C)ccc1Br. The monoisotopic (exact) mass is 342 g/mol. The van der Waals surface area contributed by atoms with Crippen molar-refractivity contribution in [2.45, 2.75) is 39.5 Å². The average Bonchev–Trinajstić information content (AvgIpc) is 2.38. The highest BCUT2D eigenvalue weighted by Crippen LogP contribution is 2.23. The molecule has 0 saturated heterocycles. The molecule has 0 aromatic heterocycles. The minimum atomic E-state index is -0.489. The van der Waals surface area contributed by atoms with Gasteiger partial charge in [-0.15, -0.1) is 0 Å². The molecule has 0 saturated carbocycles. The summed E-state index contributed by atoms with van der Waals surface area (Å²) in [4.78, 5) is 13.3. The Kier molecular flexibility index (Phi) is 6.49. The van der Waals surface area contributed by atoms with Crippen molar-refractivity contribution in [2.24, 2.45) is 0 Å². The molecule has 20 heavy (non-hydrogen) atoms. The van der Waals surface area contributed by atoms with Crippen molar-refractivity contribution in [1.29, 1.82) is 0 Å². The molecule has 0 spiro atoms. The van der Waals surface area contributed by atoms with Crippen LogP contribution in [0.2, 0.25) is 0 Å². The molecule has 0 bridgehead atoms. The number of hydrogen-bond donors (Lipinski definition) is 1. The summed E-state index contributed by atoms with van der Waals surface area (Å²) >= 11 is 3.53. The molecule has 1 unspecified atom stereocenters. The number of carbonyl (C=O) groups excluding carboxylic acids is 1. The van der Waals surface area contributed by atoms with E-state index in [4.69, 9.17) is 4.74 Å². The van der Waals surface area contributed by atoms with Gasteiger partial charge in [0.05, 0.1) is 0 Å². The van der Waals surface area contributed by atoms with Crippen LogP contribution >= 0.6 is 15.9 Å². The van der Waals surface area contributed by atoms with Gasteiger partial charge in [0.15, 0.2) is 6.10 Å². The van der Waals surface area contributed by atoms with E-state index < -0.39 is 6.10 Å². The highest BCUT2D eigenvalue weighted by molar-refractivity contribution is 9.10. The Morgan fingerprint density at radius 1 is 1.35 bits per heavy atom. The molecule has 0 radical (unpaired) electrons. The van der Waals surface area contributed by atoms with E-state index in [1.165, 1.54) is 4.90 Å². The summed E-state index contributed by atoms with van der Waals surface area (Å²) in [6.45, 7) is 6.72. The number of benzene rings is 1. The standard InChI is InChI=1S/C15H23BrN2O2/c1-10(2)17-9-12-8-13(6-7-14(12)16)20-11(3)15(19)18(4)5/h6-8,10-11,17H,9H2,1-5H3. The van der Waals surface area contributed by atoms with Gasteiger partial charge in [-0.3, -0.25) is 4.79 Å². The number of likely N-dealkylation sites (N-methyl/N-ethyl adjacent to an activating group) is 1. The third-order valence-electron chi connectivity index (χ3n) is 2.82. The van der Waals surface area contributed by atoms with E-state index in [9.17, 15) is 4.79 Å². The predicted molar refractivity (Wildman–Crippen MR) is 84.9 cm³/mol. The molecular weight excluding hydrogens is 320 g/mol. The quantitative estimate of drug-likeness (QED) is 0.864. The summed E-state index contributed by atoms with van der Waals surface area (Å²) in [6.07, 6.45) is -0.489. The minimum absolute atomic E-state index is 0.0465. The van der Waals surface area contributed by atoms with Gasteiger partial charge in [0.2, 0.25) is 0 Å². The Morgan fingerprint density at radius 3 is 2.55 bits per heavy atom. The van der Waals surface area contributed by atoms with Gasteiger partial charge in [-0.1, -0.05) is 29.8 Å². The molecule has 112 valence electrons. The molecule has 1 aromatic rings. The number of nitrogens with zero attached hydrogens (tertiary/aromatic N) is 1. The van der Waals surface area contributed by atoms with Gasteiger partial charge < -0.3 is 15.0 Å². The molecule has 1 atom stereocenters. The molecule has 0 aliphatic rings. The first-order chi connectivity index (χ1) is 9.31. The number of nitrogens with one attached hydrogen (secondary N) is 1. The Bertz CT molecular complexity index is 461. The van der Waals surface area contributed by atoms with Gasteiger partial charge >= 0.3 is 0 Å². The van der Waals surface area contributed by atoms with Crippen molar-refractivity contribution in [3.05, 3.63) is 28.2 Å². The van der Waals surface area contributed by atoms with Crippen LogP contribution in [0.25, 0.3) is 0 Å². The fourth-order valence-electron chi connectivity index (χ4n) is 1.69. The maximum Gasteiger partial charge on any atom is 0.262 e. The van der Waals surface area contributed by atoms with Gasteiger partial charge in [-0.25, -0.2) is 0 Å². The zero-order valence-corrected chi connectivity index (χ0v) is 14.3. The van der Waals surface area contributed by atoms with Crippen LogP contribution in [-0.2, 0) is 11.3 Å². The van der Waals surface area contributed by atoms with Gasteiger partial charge in [-0.05, 0) is 30.7 Å². The molecule has 0 aliphatic carbocycles. The van der Waals surface area contributed by atoms with Crippen LogP contribution in [0.5, 0.6) is 5.75 Å². The molecule has 4 nitrogen and oxygen atoms in total. The molecule has 1 amide bonds. The smallest absolute Gasteiger partial charge is 0.262 e. The second-order valence-corrected chi connectivity index (χ2v) is 6.14. The van der Waals surface area contributed by atoms with Crippen molar-refractivity contribution < 1.29 is 9.53 Å². The van der Waals surface area contributed by atoms with Crippen LogP contribution in [-0.4, -0.2) is 37.0 Å². The van der Waals surface area contributed by atoms with Gasteiger partial charge in [0.1, 0.15) is 5.75 Å². The average molecular weight is 343 g/mol. The lowest BCUT2D eigenvalue weighted by Crippen LogP contribution is -2.35.